The van der Waals surface area contributed by atoms with E-state index >= 15 is 0 Å². The van der Waals surface area contributed by atoms with Crippen molar-refractivity contribution in [2.75, 3.05) is 4.90 Å². The van der Waals surface area contributed by atoms with Gasteiger partial charge in [-0.05, 0) is 42.3 Å². The Morgan fingerprint density at radius 3 is 2.13 bits per heavy atom. The summed E-state index contributed by atoms with van der Waals surface area (Å²) < 4.78 is 0.884. The lowest BCUT2D eigenvalue weighted by atomic mass is 9.64. The van der Waals surface area contributed by atoms with E-state index in [1.54, 1.807) is 24.3 Å². The molecule has 4 aromatic rings. The quantitative estimate of drug-likeness (QED) is 0.194. The van der Waals surface area contributed by atoms with Gasteiger partial charge in [0.25, 0.3) is 0 Å². The number of Topliss-reactive ketones (excluding diaryl/α,β-unsaturated/α-hetero) is 3. The second-order valence-electron chi connectivity index (χ2n) is 10.6. The molecule has 0 N–H and O–H groups in total. The lowest BCUT2D eigenvalue weighted by Crippen LogP contribution is -2.48. The lowest BCUT2D eigenvalue weighted by Gasteiger charge is -2.37. The van der Waals surface area contributed by atoms with Crippen LogP contribution in [0.2, 0.25) is 0 Å². The van der Waals surface area contributed by atoms with Crippen molar-refractivity contribution in [1.82, 2.24) is 0 Å². The van der Waals surface area contributed by atoms with E-state index in [2.05, 4.69) is 26.9 Å². The van der Waals surface area contributed by atoms with Crippen LogP contribution >= 0.6 is 15.9 Å². The van der Waals surface area contributed by atoms with Gasteiger partial charge in [-0.2, -0.15) is 0 Å². The van der Waals surface area contributed by atoms with Gasteiger partial charge in [0.15, 0.2) is 17.3 Å². The highest BCUT2D eigenvalue weighted by Crippen LogP contribution is 2.61. The number of ketones is 3. The van der Waals surface area contributed by atoms with E-state index in [0.717, 1.165) is 26.9 Å². The Morgan fingerprint density at radius 2 is 1.46 bits per heavy atom. The molecule has 3 atom stereocenters. The summed E-state index contributed by atoms with van der Waals surface area (Å²) in [5, 5.41) is 0. The van der Waals surface area contributed by atoms with Gasteiger partial charge in [-0.25, -0.2) is 0 Å². The number of halogens is 1. The highest BCUT2D eigenvalue weighted by molar-refractivity contribution is 9.10. The maximum atomic E-state index is 14.6. The minimum absolute atomic E-state index is 0.108. The molecule has 7 rings (SSSR count). The van der Waals surface area contributed by atoms with Crippen LogP contribution in [0.25, 0.3) is 6.08 Å². The predicted molar refractivity (Wildman–Crippen MR) is 155 cm³/mol. The molecular weight excluding hydrogens is 550 g/mol. The molecule has 4 aromatic carbocycles. The first-order chi connectivity index (χ1) is 18.9. The van der Waals surface area contributed by atoms with Crippen LogP contribution in [-0.2, 0) is 0 Å². The fourth-order valence-electron chi connectivity index (χ4n) is 6.91. The molecule has 0 amide bonds. The highest BCUT2D eigenvalue weighted by atomic mass is 79.9. The fraction of sp³-hybridized carbons (Fsp3) is 0.147. The average molecular weight is 574 g/mol. The number of fused-ring (bicyclic) bond motifs is 5. The Labute approximate surface area is 235 Å². The molecule has 1 fully saturated rings. The number of hydrogen-bond donors (Lipinski definition) is 0. The van der Waals surface area contributed by atoms with Gasteiger partial charge in [0, 0.05) is 32.8 Å². The molecule has 0 saturated carbocycles. The van der Waals surface area contributed by atoms with E-state index in [1.165, 1.54) is 0 Å². The number of aryl methyl sites for hydroxylation is 1. The van der Waals surface area contributed by atoms with E-state index in [0.29, 0.717) is 16.7 Å². The van der Waals surface area contributed by atoms with Crippen LogP contribution in [0.4, 0.5) is 5.69 Å². The Balaban J connectivity index is 1.55. The molecule has 39 heavy (non-hydrogen) atoms. The molecule has 2 aliphatic heterocycles. The van der Waals surface area contributed by atoms with Crippen molar-refractivity contribution < 1.29 is 14.4 Å². The van der Waals surface area contributed by atoms with Crippen LogP contribution in [0.5, 0.6) is 0 Å². The topological polar surface area (TPSA) is 54.5 Å². The van der Waals surface area contributed by atoms with Gasteiger partial charge in [0.05, 0.1) is 6.04 Å². The summed E-state index contributed by atoms with van der Waals surface area (Å²) in [7, 11) is 0. The normalized spacial score (nSPS) is 22.1. The van der Waals surface area contributed by atoms with Crippen molar-refractivity contribution in [3.05, 3.63) is 141 Å². The van der Waals surface area contributed by atoms with Gasteiger partial charge in [0.2, 0.25) is 0 Å². The molecule has 4 nitrogen and oxygen atoms in total. The SMILES string of the molecule is Cc1ccc2c(c1)C=C[C@@H]1N2[C@@H](C(=O)c2ccccc2)[C@H](c2ccc(Br)cc2)C12C(=O)c1ccccc1C2=O. The summed E-state index contributed by atoms with van der Waals surface area (Å²) in [4.78, 5) is 45.8. The fourth-order valence-corrected chi connectivity index (χ4v) is 7.18. The summed E-state index contributed by atoms with van der Waals surface area (Å²) in [6, 6.07) is 28.7. The lowest BCUT2D eigenvalue weighted by molar-refractivity contribution is 0.0666. The summed E-state index contributed by atoms with van der Waals surface area (Å²) in [6.45, 7) is 2.03. The number of carbonyl (C=O) groups is 3. The standard InChI is InChI=1S/C34H24BrNO3/c1-20-11-17-27-23(19-20)14-18-28-34(32(38)25-9-5-6-10-26(25)33(34)39)29(21-12-15-24(35)16-13-21)30(36(27)28)31(37)22-7-3-2-4-8-22/h2-19,28-30H,1H3/t28-,29-,30+/m0/s1. The van der Waals surface area contributed by atoms with Crippen molar-refractivity contribution in [3.63, 3.8) is 0 Å². The van der Waals surface area contributed by atoms with Crippen LogP contribution in [-0.4, -0.2) is 29.4 Å². The van der Waals surface area contributed by atoms with Gasteiger partial charge < -0.3 is 4.90 Å². The molecular formula is C34H24BrNO3. The third-order valence-corrected chi connectivity index (χ3v) is 9.04. The van der Waals surface area contributed by atoms with Gasteiger partial charge in [0.1, 0.15) is 11.5 Å². The molecule has 0 unspecified atom stereocenters. The minimum atomic E-state index is -1.48. The van der Waals surface area contributed by atoms with Crippen molar-refractivity contribution in [1.29, 1.82) is 0 Å². The smallest absolute Gasteiger partial charge is 0.185 e. The number of hydrogen-bond acceptors (Lipinski definition) is 4. The third-order valence-electron chi connectivity index (χ3n) is 8.52. The van der Waals surface area contributed by atoms with E-state index in [9.17, 15) is 14.4 Å². The molecule has 0 radical (unpaired) electrons. The van der Waals surface area contributed by atoms with Crippen LogP contribution in [0, 0.1) is 12.3 Å². The Morgan fingerprint density at radius 1 is 0.821 bits per heavy atom. The molecule has 0 aromatic heterocycles. The number of nitrogens with zero attached hydrogens (tertiary/aromatic N) is 1. The van der Waals surface area contributed by atoms with E-state index in [4.69, 9.17) is 0 Å². The Bertz CT molecular complexity index is 1670. The van der Waals surface area contributed by atoms with E-state index in [-0.39, 0.29) is 17.3 Å². The van der Waals surface area contributed by atoms with Crippen LogP contribution in [0.15, 0.2) is 108 Å². The second kappa shape index (κ2) is 8.72. The third kappa shape index (κ3) is 3.26. The zero-order valence-corrected chi connectivity index (χ0v) is 22.8. The Hall–Kier alpha value is -4.09. The van der Waals surface area contributed by atoms with Crippen molar-refractivity contribution in [3.8, 4) is 0 Å². The van der Waals surface area contributed by atoms with Gasteiger partial charge in [-0.15, -0.1) is 0 Å². The maximum absolute atomic E-state index is 14.6. The highest BCUT2D eigenvalue weighted by Gasteiger charge is 2.71. The van der Waals surface area contributed by atoms with Crippen LogP contribution < -0.4 is 4.90 Å². The van der Waals surface area contributed by atoms with Gasteiger partial charge >= 0.3 is 0 Å². The van der Waals surface area contributed by atoms with Crippen LogP contribution in [0.1, 0.15) is 53.7 Å². The molecule has 2 heterocycles. The van der Waals surface area contributed by atoms with E-state index < -0.39 is 23.4 Å². The monoisotopic (exact) mass is 573 g/mol. The molecule has 1 spiro atoms. The summed E-state index contributed by atoms with van der Waals surface area (Å²) in [5.41, 5.74) is 3.66. The largest absolute Gasteiger partial charge is 0.352 e. The first kappa shape index (κ1) is 24.0. The predicted octanol–water partition coefficient (Wildman–Crippen LogP) is 7.07. The van der Waals surface area contributed by atoms with Crippen molar-refractivity contribution >= 4 is 45.0 Å². The average Bonchev–Trinajstić information content (AvgIpc) is 3.39. The summed E-state index contributed by atoms with van der Waals surface area (Å²) in [6.07, 6.45) is 3.97. The minimum Gasteiger partial charge on any atom is -0.352 e. The second-order valence-corrected chi connectivity index (χ2v) is 11.5. The van der Waals surface area contributed by atoms with Crippen molar-refractivity contribution in [2.45, 2.75) is 24.9 Å². The van der Waals surface area contributed by atoms with E-state index in [1.807, 2.05) is 85.8 Å². The van der Waals surface area contributed by atoms with Gasteiger partial charge in [-0.1, -0.05) is 106 Å². The molecule has 3 aliphatic rings. The number of anilines is 1. The van der Waals surface area contributed by atoms with Gasteiger partial charge in [-0.3, -0.25) is 14.4 Å². The molecule has 5 heteroatoms. The molecule has 1 saturated heterocycles. The number of rotatable bonds is 3. The Kier molecular flexibility index (Phi) is 5.36. The first-order valence-electron chi connectivity index (χ1n) is 13.0. The number of carbonyl (C=O) groups excluding carboxylic acids is 3. The zero-order chi connectivity index (χ0) is 26.9. The zero-order valence-electron chi connectivity index (χ0n) is 21.2. The maximum Gasteiger partial charge on any atom is 0.185 e. The molecule has 190 valence electrons. The first-order valence-corrected chi connectivity index (χ1v) is 13.8. The molecule has 0 bridgehead atoms. The number of benzene rings is 4. The van der Waals surface area contributed by atoms with Crippen molar-refractivity contribution in [2.24, 2.45) is 5.41 Å². The summed E-state index contributed by atoms with van der Waals surface area (Å²) in [5.74, 6) is -1.24. The summed E-state index contributed by atoms with van der Waals surface area (Å²) >= 11 is 3.52. The molecule has 1 aliphatic carbocycles. The van der Waals surface area contributed by atoms with Crippen LogP contribution in [0.3, 0.4) is 0 Å².